The first-order valence-electron chi connectivity index (χ1n) is 10.7. The van der Waals surface area contributed by atoms with E-state index in [0.29, 0.717) is 18.4 Å². The minimum atomic E-state index is -0.553. The van der Waals surface area contributed by atoms with E-state index in [1.807, 2.05) is 12.1 Å². The van der Waals surface area contributed by atoms with E-state index in [0.717, 1.165) is 49.4 Å². The third-order valence-corrected chi connectivity index (χ3v) is 7.02. The molecule has 0 aromatic heterocycles. The summed E-state index contributed by atoms with van der Waals surface area (Å²) < 4.78 is 0. The summed E-state index contributed by atoms with van der Waals surface area (Å²) in [6.45, 7) is 5.56. The molecule has 0 aliphatic carbocycles. The molecule has 154 valence electrons. The molecule has 1 aromatic rings. The Hall–Kier alpha value is -2.25. The van der Waals surface area contributed by atoms with Crippen molar-refractivity contribution in [2.24, 2.45) is 5.41 Å². The number of nitrogens with one attached hydrogen (secondary N) is 2. The van der Waals surface area contributed by atoms with Gasteiger partial charge in [0.2, 0.25) is 11.8 Å². The average molecular weight is 396 g/mol. The Kier molecular flexibility index (Phi) is 4.67. The van der Waals surface area contributed by atoms with Crippen molar-refractivity contribution in [1.82, 2.24) is 20.4 Å². The van der Waals surface area contributed by atoms with Crippen LogP contribution < -0.4 is 10.6 Å². The van der Waals surface area contributed by atoms with Crippen LogP contribution in [-0.2, 0) is 22.7 Å². The van der Waals surface area contributed by atoms with Crippen molar-refractivity contribution in [3.63, 3.8) is 0 Å². The van der Waals surface area contributed by atoms with Crippen LogP contribution in [0.25, 0.3) is 0 Å². The lowest BCUT2D eigenvalue weighted by Gasteiger charge is -2.44. The number of hydrogen-bond acceptors (Lipinski definition) is 5. The van der Waals surface area contributed by atoms with E-state index >= 15 is 0 Å². The summed E-state index contributed by atoms with van der Waals surface area (Å²) in [5.74, 6) is -0.674. The molecule has 3 saturated heterocycles. The normalized spacial score (nSPS) is 26.8. The monoisotopic (exact) mass is 396 g/mol. The first-order valence-corrected chi connectivity index (χ1v) is 10.7. The lowest BCUT2D eigenvalue weighted by atomic mass is 9.77. The Balaban J connectivity index is 1.36. The first-order chi connectivity index (χ1) is 14.0. The predicted molar refractivity (Wildman–Crippen MR) is 107 cm³/mol. The maximum absolute atomic E-state index is 13.3. The van der Waals surface area contributed by atoms with E-state index in [4.69, 9.17) is 0 Å². The van der Waals surface area contributed by atoms with E-state index in [1.165, 1.54) is 19.3 Å². The summed E-state index contributed by atoms with van der Waals surface area (Å²) in [7, 11) is 0. The number of imide groups is 1. The van der Waals surface area contributed by atoms with Crippen LogP contribution in [0.5, 0.6) is 0 Å². The molecule has 1 unspecified atom stereocenters. The average Bonchev–Trinajstić information content (AvgIpc) is 2.86. The standard InChI is InChI=1S/C22H28N4O3/c27-18-7-6-17(20(28)24-18)26-11-16-5-3-4-15(19(16)21(26)29)10-25-9-2-1-8-22(14-25)12-23-13-22/h3-5,17,23H,1-2,6-14H2,(H,24,27,28). The lowest BCUT2D eigenvalue weighted by Crippen LogP contribution is -2.57. The van der Waals surface area contributed by atoms with Gasteiger partial charge in [0.25, 0.3) is 5.91 Å². The SMILES string of the molecule is O=C1CCC(N2Cc3cccc(CN4CCCCC5(CNC5)C4)c3C2=O)C(=O)N1. The van der Waals surface area contributed by atoms with E-state index in [1.54, 1.807) is 4.90 Å². The van der Waals surface area contributed by atoms with Crippen LogP contribution in [0.2, 0.25) is 0 Å². The largest absolute Gasteiger partial charge is 0.322 e. The van der Waals surface area contributed by atoms with Crippen molar-refractivity contribution in [2.75, 3.05) is 26.2 Å². The van der Waals surface area contributed by atoms with Gasteiger partial charge >= 0.3 is 0 Å². The third kappa shape index (κ3) is 3.36. The summed E-state index contributed by atoms with van der Waals surface area (Å²) in [6.07, 6.45) is 4.45. The van der Waals surface area contributed by atoms with Crippen LogP contribution in [0.1, 0.15) is 53.6 Å². The Morgan fingerprint density at radius 1 is 1.14 bits per heavy atom. The van der Waals surface area contributed by atoms with Gasteiger partial charge in [0, 0.05) is 50.1 Å². The summed E-state index contributed by atoms with van der Waals surface area (Å²) >= 11 is 0. The van der Waals surface area contributed by atoms with E-state index < -0.39 is 6.04 Å². The second-order valence-electron chi connectivity index (χ2n) is 9.12. The number of piperidine rings is 1. The topological polar surface area (TPSA) is 81.8 Å². The quantitative estimate of drug-likeness (QED) is 0.746. The molecule has 7 nitrogen and oxygen atoms in total. The van der Waals surface area contributed by atoms with Crippen LogP contribution in [0.3, 0.4) is 0 Å². The molecule has 3 fully saturated rings. The number of benzene rings is 1. The van der Waals surface area contributed by atoms with Crippen molar-refractivity contribution < 1.29 is 14.4 Å². The fourth-order valence-electron chi connectivity index (χ4n) is 5.43. The molecule has 29 heavy (non-hydrogen) atoms. The number of nitrogens with zero attached hydrogens (tertiary/aromatic N) is 2. The number of likely N-dealkylation sites (tertiary alicyclic amines) is 1. The maximum atomic E-state index is 13.3. The molecule has 4 heterocycles. The van der Waals surface area contributed by atoms with Crippen LogP contribution in [-0.4, -0.2) is 59.7 Å². The predicted octanol–water partition coefficient (Wildman–Crippen LogP) is 1.02. The molecule has 1 aromatic carbocycles. The van der Waals surface area contributed by atoms with Crippen molar-refractivity contribution in [2.45, 2.75) is 51.2 Å². The maximum Gasteiger partial charge on any atom is 0.255 e. The Bertz CT molecular complexity index is 864. The Morgan fingerprint density at radius 2 is 2.00 bits per heavy atom. The summed E-state index contributed by atoms with van der Waals surface area (Å²) in [5.41, 5.74) is 3.22. The highest BCUT2D eigenvalue weighted by atomic mass is 16.2. The van der Waals surface area contributed by atoms with Crippen molar-refractivity contribution >= 4 is 17.7 Å². The molecule has 4 aliphatic heterocycles. The van der Waals surface area contributed by atoms with Gasteiger partial charge in [-0.3, -0.25) is 24.6 Å². The number of hydrogen-bond donors (Lipinski definition) is 2. The minimum absolute atomic E-state index is 0.0695. The van der Waals surface area contributed by atoms with Gasteiger partial charge in [0.1, 0.15) is 6.04 Å². The third-order valence-electron chi connectivity index (χ3n) is 7.02. The summed E-state index contributed by atoms with van der Waals surface area (Å²) in [5, 5.41) is 5.81. The highest BCUT2D eigenvalue weighted by Crippen LogP contribution is 2.35. The zero-order valence-electron chi connectivity index (χ0n) is 16.7. The zero-order chi connectivity index (χ0) is 20.0. The second-order valence-corrected chi connectivity index (χ2v) is 9.12. The number of carbonyl (C=O) groups is 3. The zero-order valence-corrected chi connectivity index (χ0v) is 16.7. The first kappa shape index (κ1) is 18.8. The van der Waals surface area contributed by atoms with Gasteiger partial charge in [-0.2, -0.15) is 0 Å². The Labute approximate surface area is 170 Å². The molecule has 0 saturated carbocycles. The van der Waals surface area contributed by atoms with Gasteiger partial charge in [-0.15, -0.1) is 0 Å². The minimum Gasteiger partial charge on any atom is -0.322 e. The molecule has 0 bridgehead atoms. The smallest absolute Gasteiger partial charge is 0.255 e. The molecular weight excluding hydrogens is 368 g/mol. The second kappa shape index (κ2) is 7.22. The number of fused-ring (bicyclic) bond motifs is 1. The van der Waals surface area contributed by atoms with Crippen LogP contribution in [0, 0.1) is 5.41 Å². The molecule has 0 radical (unpaired) electrons. The van der Waals surface area contributed by atoms with Gasteiger partial charge in [-0.25, -0.2) is 0 Å². The highest BCUT2D eigenvalue weighted by molar-refractivity contribution is 6.05. The van der Waals surface area contributed by atoms with Gasteiger partial charge in [0.15, 0.2) is 0 Å². The summed E-state index contributed by atoms with van der Waals surface area (Å²) in [4.78, 5) is 41.2. The van der Waals surface area contributed by atoms with Gasteiger partial charge in [0.05, 0.1) is 0 Å². The van der Waals surface area contributed by atoms with Gasteiger partial charge in [-0.05, 0) is 36.9 Å². The fourth-order valence-corrected chi connectivity index (χ4v) is 5.43. The van der Waals surface area contributed by atoms with Crippen molar-refractivity contribution in [3.05, 3.63) is 34.9 Å². The fraction of sp³-hybridized carbons (Fsp3) is 0.591. The molecule has 1 spiro atoms. The lowest BCUT2D eigenvalue weighted by molar-refractivity contribution is -0.136. The van der Waals surface area contributed by atoms with Gasteiger partial charge in [-0.1, -0.05) is 24.6 Å². The number of carbonyl (C=O) groups excluding carboxylic acids is 3. The van der Waals surface area contributed by atoms with Crippen LogP contribution >= 0.6 is 0 Å². The Morgan fingerprint density at radius 3 is 2.76 bits per heavy atom. The van der Waals surface area contributed by atoms with Crippen molar-refractivity contribution in [3.8, 4) is 0 Å². The molecule has 1 atom stereocenters. The van der Waals surface area contributed by atoms with Gasteiger partial charge < -0.3 is 10.2 Å². The highest BCUT2D eigenvalue weighted by Gasteiger charge is 2.41. The van der Waals surface area contributed by atoms with E-state index in [9.17, 15) is 14.4 Å². The number of rotatable bonds is 3. The van der Waals surface area contributed by atoms with E-state index in [2.05, 4.69) is 21.6 Å². The molecular formula is C22H28N4O3. The molecule has 2 N–H and O–H groups in total. The molecule has 4 aliphatic rings. The molecule has 7 heteroatoms. The van der Waals surface area contributed by atoms with Crippen LogP contribution in [0.15, 0.2) is 18.2 Å². The van der Waals surface area contributed by atoms with E-state index in [-0.39, 0.29) is 24.1 Å². The van der Waals surface area contributed by atoms with Crippen LogP contribution in [0.4, 0.5) is 0 Å². The molecule has 5 rings (SSSR count). The summed E-state index contributed by atoms with van der Waals surface area (Å²) in [6, 6.07) is 5.51. The molecule has 3 amide bonds. The van der Waals surface area contributed by atoms with Crippen molar-refractivity contribution in [1.29, 1.82) is 0 Å². The number of amides is 3.